The highest BCUT2D eigenvalue weighted by Gasteiger charge is 2.21. The number of amides is 1. The molecule has 0 aliphatic carbocycles. The second-order valence-corrected chi connectivity index (χ2v) is 7.31. The summed E-state index contributed by atoms with van der Waals surface area (Å²) in [5.41, 5.74) is 6.38. The minimum absolute atomic E-state index is 0.00270. The molecule has 0 saturated carbocycles. The van der Waals surface area contributed by atoms with Crippen LogP contribution in [0, 0.1) is 5.92 Å². The van der Waals surface area contributed by atoms with Crippen molar-refractivity contribution in [3.05, 3.63) is 66.0 Å². The zero-order valence-electron chi connectivity index (χ0n) is 18.9. The van der Waals surface area contributed by atoms with Gasteiger partial charge in [-0.15, -0.1) is 0 Å². The van der Waals surface area contributed by atoms with Crippen molar-refractivity contribution in [2.45, 2.75) is 26.6 Å². The predicted octanol–water partition coefficient (Wildman–Crippen LogP) is 2.26. The first-order chi connectivity index (χ1) is 15.8. The van der Waals surface area contributed by atoms with Crippen molar-refractivity contribution in [2.75, 3.05) is 25.6 Å². The van der Waals surface area contributed by atoms with Gasteiger partial charge >= 0.3 is 6.09 Å². The first kappa shape index (κ1) is 25.4. The third-order valence-electron chi connectivity index (χ3n) is 4.49. The van der Waals surface area contributed by atoms with Crippen LogP contribution in [-0.4, -0.2) is 51.5 Å². The van der Waals surface area contributed by atoms with Crippen molar-refractivity contribution in [1.82, 2.24) is 24.8 Å². The highest BCUT2D eigenvalue weighted by atomic mass is 16.6. The van der Waals surface area contributed by atoms with Gasteiger partial charge in [-0.1, -0.05) is 51.8 Å². The number of fused-ring (bicyclic) bond motifs is 1. The molecule has 11 nitrogen and oxygen atoms in total. The van der Waals surface area contributed by atoms with E-state index in [-0.39, 0.29) is 43.9 Å². The Kier molecular flexibility index (Phi) is 9.43. The van der Waals surface area contributed by atoms with Gasteiger partial charge in [-0.2, -0.15) is 4.98 Å². The molecule has 178 valence electrons. The number of nitrogens with two attached hydrogens (primary N) is 1. The summed E-state index contributed by atoms with van der Waals surface area (Å²) >= 11 is 0. The maximum atomic E-state index is 12.2. The summed E-state index contributed by atoms with van der Waals surface area (Å²) in [7, 11) is 0. The van der Waals surface area contributed by atoms with E-state index < -0.39 is 17.7 Å². The van der Waals surface area contributed by atoms with Gasteiger partial charge in [0.25, 0.3) is 5.56 Å². The second-order valence-electron chi connectivity index (χ2n) is 7.31. The molecule has 2 aromatic rings. The number of rotatable bonds is 13. The summed E-state index contributed by atoms with van der Waals surface area (Å²) in [4.78, 5) is 34.4. The molecule has 1 atom stereocenters. The van der Waals surface area contributed by atoms with E-state index in [2.05, 4.69) is 40.0 Å². The van der Waals surface area contributed by atoms with Crippen molar-refractivity contribution < 1.29 is 19.0 Å². The lowest BCUT2D eigenvalue weighted by Crippen LogP contribution is -2.41. The zero-order chi connectivity index (χ0) is 24.4. The monoisotopic (exact) mass is 458 g/mol. The van der Waals surface area contributed by atoms with Crippen LogP contribution in [0.5, 0.6) is 0 Å². The van der Waals surface area contributed by atoms with Gasteiger partial charge in [0.05, 0.1) is 19.0 Å². The lowest BCUT2D eigenvalue weighted by atomic mass is 10.0. The number of aromatic nitrogens is 4. The molecule has 0 saturated heterocycles. The molecular formula is C22H30N6O5. The van der Waals surface area contributed by atoms with E-state index in [4.69, 9.17) is 19.9 Å². The standard InChI is InChI=1S/C22H30N6O5/c1-6-8-16(7-2)11-33-22(30)25-17(14(3)4)15(5)32-10-9-31-13-28-12-24-18-19(28)26-21(23)27-20(18)29/h6-8,12,14,17H,1-2,5,9-11,13H2,3-4H3,(H,25,30)(H3,23,26,27,29)/b16-8+/t17-/m0/s1. The van der Waals surface area contributed by atoms with Crippen LogP contribution in [0.15, 0.2) is 60.4 Å². The van der Waals surface area contributed by atoms with E-state index in [0.717, 1.165) is 5.57 Å². The lowest BCUT2D eigenvalue weighted by molar-refractivity contribution is 0.0340. The van der Waals surface area contributed by atoms with Gasteiger partial charge < -0.3 is 25.3 Å². The number of H-pyrrole nitrogens is 1. The smallest absolute Gasteiger partial charge is 0.408 e. The van der Waals surface area contributed by atoms with Gasteiger partial charge in [0.2, 0.25) is 5.95 Å². The fraction of sp³-hybridized carbons (Fsp3) is 0.364. The largest absolute Gasteiger partial charge is 0.494 e. The first-order valence-electron chi connectivity index (χ1n) is 10.2. The number of hydrogen-bond acceptors (Lipinski definition) is 8. The Morgan fingerprint density at radius 1 is 1.33 bits per heavy atom. The Bertz CT molecular complexity index is 1080. The highest BCUT2D eigenvalue weighted by Crippen LogP contribution is 2.13. The number of carbonyl (C=O) groups excluding carboxylic acids is 1. The molecular weight excluding hydrogens is 428 g/mol. The zero-order valence-corrected chi connectivity index (χ0v) is 18.9. The normalized spacial score (nSPS) is 12.4. The topological polar surface area (TPSA) is 146 Å². The van der Waals surface area contributed by atoms with E-state index in [1.807, 2.05) is 13.8 Å². The molecule has 0 bridgehead atoms. The second kappa shape index (κ2) is 12.2. The average molecular weight is 459 g/mol. The van der Waals surface area contributed by atoms with E-state index in [1.54, 1.807) is 22.8 Å². The predicted molar refractivity (Wildman–Crippen MR) is 125 cm³/mol. The van der Waals surface area contributed by atoms with Gasteiger partial charge in [-0.3, -0.25) is 14.3 Å². The number of hydrogen-bond donors (Lipinski definition) is 3. The van der Waals surface area contributed by atoms with Crippen molar-refractivity contribution in [1.29, 1.82) is 0 Å². The molecule has 11 heteroatoms. The Balaban J connectivity index is 1.80. The van der Waals surface area contributed by atoms with Gasteiger partial charge in [-0.05, 0) is 11.5 Å². The Labute approximate surface area is 191 Å². The number of nitrogens with zero attached hydrogens (tertiary/aromatic N) is 3. The number of nitrogen functional groups attached to an aromatic ring is 1. The number of carbonyl (C=O) groups is 1. The fourth-order valence-electron chi connectivity index (χ4n) is 2.81. The van der Waals surface area contributed by atoms with Crippen molar-refractivity contribution in [3.63, 3.8) is 0 Å². The van der Waals surface area contributed by atoms with Gasteiger partial charge in [0, 0.05) is 0 Å². The number of anilines is 1. The lowest BCUT2D eigenvalue weighted by Gasteiger charge is -2.24. The number of ether oxygens (including phenoxy) is 3. The molecule has 0 aliphatic heterocycles. The number of nitrogens with one attached hydrogen (secondary N) is 2. The number of allylic oxidation sites excluding steroid dienone is 2. The number of imidazole rings is 1. The van der Waals surface area contributed by atoms with E-state index in [0.29, 0.717) is 11.4 Å². The van der Waals surface area contributed by atoms with Gasteiger partial charge in [0.15, 0.2) is 11.2 Å². The molecule has 0 aromatic carbocycles. The fourth-order valence-corrected chi connectivity index (χ4v) is 2.81. The first-order valence-corrected chi connectivity index (χ1v) is 10.2. The quantitative estimate of drug-likeness (QED) is 0.235. The van der Waals surface area contributed by atoms with Crippen LogP contribution in [0.4, 0.5) is 10.7 Å². The molecule has 0 unspecified atom stereocenters. The SMILES string of the molecule is C=C/C=C(\C=C)COC(=O)N[C@H](C(=C)OCCOCn1cnc2c(=O)[nH]c(N)nc21)C(C)C. The van der Waals surface area contributed by atoms with Crippen LogP contribution in [0.2, 0.25) is 0 Å². The third-order valence-corrected chi connectivity index (χ3v) is 4.49. The van der Waals surface area contributed by atoms with Crippen LogP contribution < -0.4 is 16.6 Å². The summed E-state index contributed by atoms with van der Waals surface area (Å²) < 4.78 is 18.0. The summed E-state index contributed by atoms with van der Waals surface area (Å²) in [5.74, 6) is 0.391. The van der Waals surface area contributed by atoms with E-state index in [9.17, 15) is 9.59 Å². The summed E-state index contributed by atoms with van der Waals surface area (Å²) in [5, 5.41) is 2.75. The van der Waals surface area contributed by atoms with Crippen LogP contribution in [0.1, 0.15) is 13.8 Å². The molecule has 4 N–H and O–H groups in total. The molecule has 2 heterocycles. The van der Waals surface area contributed by atoms with Crippen molar-refractivity contribution >= 4 is 23.2 Å². The average Bonchev–Trinajstić information content (AvgIpc) is 3.17. The summed E-state index contributed by atoms with van der Waals surface area (Å²) in [6.07, 6.45) is 5.73. The highest BCUT2D eigenvalue weighted by molar-refractivity contribution is 5.70. The Morgan fingerprint density at radius 3 is 2.76 bits per heavy atom. The molecule has 2 aromatic heterocycles. The minimum Gasteiger partial charge on any atom is -0.494 e. The Morgan fingerprint density at radius 2 is 2.09 bits per heavy atom. The van der Waals surface area contributed by atoms with Crippen LogP contribution >= 0.6 is 0 Å². The van der Waals surface area contributed by atoms with Gasteiger partial charge in [-0.25, -0.2) is 9.78 Å². The molecule has 33 heavy (non-hydrogen) atoms. The number of alkyl carbamates (subject to hydrolysis) is 1. The Hall–Kier alpha value is -3.86. The van der Waals surface area contributed by atoms with Crippen LogP contribution in [-0.2, 0) is 20.9 Å². The van der Waals surface area contributed by atoms with Crippen molar-refractivity contribution in [3.8, 4) is 0 Å². The molecule has 1 amide bonds. The maximum Gasteiger partial charge on any atom is 0.408 e. The van der Waals surface area contributed by atoms with Gasteiger partial charge in [0.1, 0.15) is 25.7 Å². The molecule has 0 radical (unpaired) electrons. The molecule has 0 fully saturated rings. The van der Waals surface area contributed by atoms with Crippen molar-refractivity contribution in [2.24, 2.45) is 5.92 Å². The molecule has 0 spiro atoms. The van der Waals surface area contributed by atoms with E-state index in [1.165, 1.54) is 6.33 Å². The van der Waals surface area contributed by atoms with Crippen LogP contribution in [0.3, 0.4) is 0 Å². The third kappa shape index (κ3) is 7.35. The minimum atomic E-state index is -0.597. The summed E-state index contributed by atoms with van der Waals surface area (Å²) in [6.45, 7) is 15.6. The molecule has 0 aliphatic rings. The number of aromatic amines is 1. The maximum absolute atomic E-state index is 12.2. The van der Waals surface area contributed by atoms with Crippen LogP contribution in [0.25, 0.3) is 11.2 Å². The van der Waals surface area contributed by atoms with E-state index >= 15 is 0 Å². The summed E-state index contributed by atoms with van der Waals surface area (Å²) in [6, 6.07) is -0.454. The molecule has 2 rings (SSSR count).